The van der Waals surface area contributed by atoms with Crippen molar-refractivity contribution in [3.8, 4) is 11.1 Å². The number of fused-ring (bicyclic) bond motifs is 1. The van der Waals surface area contributed by atoms with Gasteiger partial charge in [0, 0.05) is 12.0 Å². The zero-order chi connectivity index (χ0) is 17.0. The van der Waals surface area contributed by atoms with Gasteiger partial charge < -0.3 is 15.5 Å². The van der Waals surface area contributed by atoms with Crippen LogP contribution in [0.25, 0.3) is 11.1 Å². The van der Waals surface area contributed by atoms with Crippen LogP contribution >= 0.6 is 0 Å². The van der Waals surface area contributed by atoms with E-state index in [1.165, 1.54) is 0 Å². The third-order valence-electron chi connectivity index (χ3n) is 3.64. The van der Waals surface area contributed by atoms with Gasteiger partial charge in [-0.15, -0.1) is 0 Å². The summed E-state index contributed by atoms with van der Waals surface area (Å²) in [5.74, 6) is -2.88. The number of rotatable bonds is 6. The van der Waals surface area contributed by atoms with E-state index in [4.69, 9.17) is 10.2 Å². The van der Waals surface area contributed by atoms with Gasteiger partial charge in [0.05, 0.1) is 0 Å². The summed E-state index contributed by atoms with van der Waals surface area (Å²) in [6.07, 6.45) is -0.491. The number of carbonyl (C=O) groups is 3. The minimum Gasteiger partial charge on any atom is -0.481 e. The zero-order valence-corrected chi connectivity index (χ0v) is 12.6. The average Bonchev–Trinajstić information content (AvgIpc) is 2.82. The summed E-state index contributed by atoms with van der Waals surface area (Å²) in [5, 5.41) is 20.2. The van der Waals surface area contributed by atoms with Crippen molar-refractivity contribution in [2.45, 2.75) is 25.8 Å². The van der Waals surface area contributed by atoms with Gasteiger partial charge in [-0.05, 0) is 36.1 Å². The second kappa shape index (κ2) is 6.91. The van der Waals surface area contributed by atoms with Gasteiger partial charge in [-0.25, -0.2) is 4.79 Å². The number of amides is 1. The summed E-state index contributed by atoms with van der Waals surface area (Å²) in [5.41, 5.74) is 3.02. The molecule has 6 nitrogen and oxygen atoms in total. The van der Waals surface area contributed by atoms with E-state index < -0.39 is 23.9 Å². The Bertz CT molecular complexity index is 725. The molecule has 2 rings (SSSR count). The Hall–Kier alpha value is -2.89. The Kier molecular flexibility index (Phi) is 4.95. The maximum Gasteiger partial charge on any atom is 0.326 e. The van der Waals surface area contributed by atoms with Crippen LogP contribution < -0.4 is 5.32 Å². The lowest BCUT2D eigenvalue weighted by atomic mass is 10.1. The van der Waals surface area contributed by atoms with E-state index in [-0.39, 0.29) is 12.8 Å². The summed E-state index contributed by atoms with van der Waals surface area (Å²) in [4.78, 5) is 34.1. The van der Waals surface area contributed by atoms with E-state index >= 15 is 0 Å². The van der Waals surface area contributed by atoms with Gasteiger partial charge in [-0.1, -0.05) is 30.3 Å². The molecule has 0 aliphatic heterocycles. The van der Waals surface area contributed by atoms with Gasteiger partial charge in [0.25, 0.3) is 5.91 Å². The Balaban J connectivity index is 2.21. The monoisotopic (exact) mass is 315 g/mol. The number of carboxylic acid groups (broad SMARTS) is 2. The first kappa shape index (κ1) is 16.5. The van der Waals surface area contributed by atoms with Crippen LogP contribution in [-0.2, 0) is 9.59 Å². The largest absolute Gasteiger partial charge is 0.481 e. The zero-order valence-electron chi connectivity index (χ0n) is 12.6. The van der Waals surface area contributed by atoms with Gasteiger partial charge in [0.15, 0.2) is 0 Å². The quantitative estimate of drug-likeness (QED) is 0.757. The first-order valence-corrected chi connectivity index (χ1v) is 7.14. The number of nitrogens with one attached hydrogen (secondary N) is 1. The molecule has 0 heterocycles. The van der Waals surface area contributed by atoms with Gasteiger partial charge in [0.2, 0.25) is 0 Å². The first-order valence-electron chi connectivity index (χ1n) is 7.14. The maximum atomic E-state index is 12.4. The molecule has 0 bridgehead atoms. The highest BCUT2D eigenvalue weighted by Gasteiger charge is 2.24. The van der Waals surface area contributed by atoms with Crippen molar-refractivity contribution in [1.29, 1.82) is 0 Å². The van der Waals surface area contributed by atoms with Crippen LogP contribution in [0.1, 0.15) is 28.8 Å². The Morgan fingerprint density at radius 3 is 2.39 bits per heavy atom. The van der Waals surface area contributed by atoms with Gasteiger partial charge in [-0.2, -0.15) is 0 Å². The number of carboxylic acids is 2. The molecule has 3 N–H and O–H groups in total. The summed E-state index contributed by atoms with van der Waals surface area (Å²) in [7, 11) is 0. The Labute approximate surface area is 133 Å². The highest BCUT2D eigenvalue weighted by molar-refractivity contribution is 6.03. The van der Waals surface area contributed by atoms with Crippen molar-refractivity contribution in [3.63, 3.8) is 0 Å². The van der Waals surface area contributed by atoms with Crippen molar-refractivity contribution < 1.29 is 24.6 Å². The molecule has 0 spiro atoms. The van der Waals surface area contributed by atoms with Crippen molar-refractivity contribution in [2.24, 2.45) is 0 Å². The van der Waals surface area contributed by atoms with Crippen LogP contribution in [0.3, 0.4) is 0 Å². The molecule has 120 valence electrons. The topological polar surface area (TPSA) is 104 Å². The molecule has 0 radical (unpaired) electrons. The standard InChI is InChI=1S/C17H17NO5/c1-10-4-2-3-5-12-11(10)6-7-13(12)16(21)18-14(17(22)23)8-9-15(19)20/h2-7,14H,8-9H2,1H3,(H,18,21)(H,19,20)(H,22,23)/t14-/m0/s1. The van der Waals surface area contributed by atoms with Crippen LogP contribution in [0.15, 0.2) is 36.4 Å². The smallest absolute Gasteiger partial charge is 0.326 e. The van der Waals surface area contributed by atoms with Crippen LogP contribution in [0, 0.1) is 6.92 Å². The van der Waals surface area contributed by atoms with Gasteiger partial charge in [0.1, 0.15) is 6.04 Å². The molecule has 0 fully saturated rings. The second-order valence-corrected chi connectivity index (χ2v) is 5.27. The van der Waals surface area contributed by atoms with Crippen molar-refractivity contribution in [3.05, 3.63) is 47.5 Å². The predicted octanol–water partition coefficient (Wildman–Crippen LogP) is 2.15. The van der Waals surface area contributed by atoms with Crippen molar-refractivity contribution in [1.82, 2.24) is 5.32 Å². The summed E-state index contributed by atoms with van der Waals surface area (Å²) < 4.78 is 0. The molecule has 0 aromatic carbocycles. The van der Waals surface area contributed by atoms with Gasteiger partial charge >= 0.3 is 11.9 Å². The third kappa shape index (κ3) is 3.85. The normalized spacial score (nSPS) is 11.9. The molecule has 0 saturated heterocycles. The first-order chi connectivity index (χ1) is 10.9. The molecule has 6 heteroatoms. The van der Waals surface area contributed by atoms with Gasteiger partial charge in [-0.3, -0.25) is 9.59 Å². The number of hydrogen-bond acceptors (Lipinski definition) is 3. The molecule has 2 aliphatic rings. The maximum absolute atomic E-state index is 12.4. The lowest BCUT2D eigenvalue weighted by molar-refractivity contribution is -0.140. The lowest BCUT2D eigenvalue weighted by Crippen LogP contribution is -2.41. The second-order valence-electron chi connectivity index (χ2n) is 5.27. The van der Waals surface area contributed by atoms with Crippen molar-refractivity contribution >= 4 is 17.8 Å². The van der Waals surface area contributed by atoms with E-state index in [0.29, 0.717) is 5.56 Å². The number of carbonyl (C=O) groups excluding carboxylic acids is 1. The van der Waals surface area contributed by atoms with E-state index in [1.54, 1.807) is 12.1 Å². The highest BCUT2D eigenvalue weighted by atomic mass is 16.4. The minimum atomic E-state index is -1.25. The fourth-order valence-corrected chi connectivity index (χ4v) is 2.42. The van der Waals surface area contributed by atoms with Crippen LogP contribution in [-0.4, -0.2) is 34.1 Å². The molecule has 0 aromatic heterocycles. The minimum absolute atomic E-state index is 0.165. The van der Waals surface area contributed by atoms with E-state index in [2.05, 4.69) is 5.32 Å². The predicted molar refractivity (Wildman–Crippen MR) is 83.6 cm³/mol. The van der Waals surface area contributed by atoms with Crippen LogP contribution in [0.4, 0.5) is 0 Å². The molecule has 1 amide bonds. The SMILES string of the molecule is Cc1ccccc2c(C(=O)N[C@@H](CCC(=O)O)C(=O)O)ccc1-2. The Morgan fingerprint density at radius 1 is 1.04 bits per heavy atom. The van der Waals surface area contributed by atoms with Crippen LogP contribution in [0.2, 0.25) is 0 Å². The number of aliphatic carboxylic acids is 2. The molecule has 2 aliphatic carbocycles. The lowest BCUT2D eigenvalue weighted by Gasteiger charge is -2.13. The summed E-state index contributed by atoms with van der Waals surface area (Å²) >= 11 is 0. The molecule has 0 unspecified atom stereocenters. The highest BCUT2D eigenvalue weighted by Crippen LogP contribution is 2.29. The van der Waals surface area contributed by atoms with E-state index in [9.17, 15) is 14.4 Å². The summed E-state index contributed by atoms with van der Waals surface area (Å²) in [6.45, 7) is 1.93. The summed E-state index contributed by atoms with van der Waals surface area (Å²) in [6, 6.07) is 9.62. The van der Waals surface area contributed by atoms with Crippen molar-refractivity contribution in [2.75, 3.05) is 0 Å². The van der Waals surface area contributed by atoms with E-state index in [0.717, 1.165) is 16.7 Å². The Morgan fingerprint density at radius 2 is 1.74 bits per heavy atom. The van der Waals surface area contributed by atoms with E-state index in [1.807, 2.05) is 31.2 Å². The molecular weight excluding hydrogens is 298 g/mol. The molecule has 0 saturated carbocycles. The molecule has 23 heavy (non-hydrogen) atoms. The fraction of sp³-hybridized carbons (Fsp3) is 0.235. The number of aryl methyl sites for hydroxylation is 1. The number of hydrogen-bond donors (Lipinski definition) is 3. The molecular formula is C17H17NO5. The third-order valence-corrected chi connectivity index (χ3v) is 3.64. The average molecular weight is 315 g/mol. The fourth-order valence-electron chi connectivity index (χ4n) is 2.42. The van der Waals surface area contributed by atoms with Crippen LogP contribution in [0.5, 0.6) is 0 Å². The molecule has 0 aromatic rings. The molecule has 1 atom stereocenters.